The third kappa shape index (κ3) is 2.77. The number of rotatable bonds is 5. The number of nitrogens with zero attached hydrogens (tertiary/aromatic N) is 1. The van der Waals surface area contributed by atoms with Gasteiger partial charge in [-0.25, -0.2) is 0 Å². The molecule has 0 bridgehead atoms. The topological polar surface area (TPSA) is 69.4 Å². The third-order valence-electron chi connectivity index (χ3n) is 1.80. The molecular weight excluding hydrogens is 198 g/mol. The van der Waals surface area contributed by atoms with E-state index in [9.17, 15) is 14.9 Å². The first-order chi connectivity index (χ1) is 7.19. The molecule has 5 heteroatoms. The Morgan fingerprint density at radius 3 is 2.80 bits per heavy atom. The van der Waals surface area contributed by atoms with E-state index in [1.165, 1.54) is 18.2 Å². The predicted octanol–water partition coefficient (Wildman–Crippen LogP) is 2.20. The summed E-state index contributed by atoms with van der Waals surface area (Å²) in [6.45, 7) is 2.47. The molecule has 15 heavy (non-hydrogen) atoms. The summed E-state index contributed by atoms with van der Waals surface area (Å²) in [5, 5.41) is 10.5. The molecule has 0 aliphatic carbocycles. The highest BCUT2D eigenvalue weighted by atomic mass is 16.6. The molecule has 0 N–H and O–H groups in total. The highest BCUT2D eigenvalue weighted by molar-refractivity contribution is 5.82. The number of ether oxygens (including phenoxy) is 1. The van der Waals surface area contributed by atoms with E-state index in [1.807, 2.05) is 6.92 Å². The first-order valence-electron chi connectivity index (χ1n) is 4.55. The van der Waals surface area contributed by atoms with Crippen molar-refractivity contribution in [2.45, 2.75) is 13.3 Å². The van der Waals surface area contributed by atoms with Crippen LogP contribution in [0.4, 0.5) is 5.69 Å². The highest BCUT2D eigenvalue weighted by Crippen LogP contribution is 2.22. The molecule has 1 aromatic rings. The zero-order valence-electron chi connectivity index (χ0n) is 8.30. The van der Waals surface area contributed by atoms with Gasteiger partial charge in [0, 0.05) is 6.07 Å². The minimum Gasteiger partial charge on any atom is -0.494 e. The van der Waals surface area contributed by atoms with Gasteiger partial charge in [-0.3, -0.25) is 14.9 Å². The van der Waals surface area contributed by atoms with Crippen molar-refractivity contribution >= 4 is 12.0 Å². The molecule has 0 fully saturated rings. The number of carbonyl (C=O) groups excluding carboxylic acids is 1. The Labute approximate surface area is 86.8 Å². The predicted molar refractivity (Wildman–Crippen MR) is 54.3 cm³/mol. The van der Waals surface area contributed by atoms with E-state index in [1.54, 1.807) is 0 Å². The van der Waals surface area contributed by atoms with E-state index in [0.717, 1.165) is 6.42 Å². The number of nitro groups is 1. The van der Waals surface area contributed by atoms with Crippen LogP contribution < -0.4 is 4.74 Å². The van der Waals surface area contributed by atoms with Gasteiger partial charge in [0.2, 0.25) is 0 Å². The van der Waals surface area contributed by atoms with Crippen molar-refractivity contribution in [2.75, 3.05) is 6.61 Å². The minimum atomic E-state index is -0.590. The average Bonchev–Trinajstić information content (AvgIpc) is 2.25. The van der Waals surface area contributed by atoms with Gasteiger partial charge in [-0.05, 0) is 18.6 Å². The van der Waals surface area contributed by atoms with Crippen molar-refractivity contribution in [3.8, 4) is 5.75 Å². The largest absolute Gasteiger partial charge is 0.494 e. The minimum absolute atomic E-state index is 0.0357. The number of carbonyl (C=O) groups is 1. The maximum absolute atomic E-state index is 10.6. The summed E-state index contributed by atoms with van der Waals surface area (Å²) in [7, 11) is 0. The van der Waals surface area contributed by atoms with E-state index in [4.69, 9.17) is 4.74 Å². The summed E-state index contributed by atoms with van der Waals surface area (Å²) >= 11 is 0. The molecule has 80 valence electrons. The quantitative estimate of drug-likeness (QED) is 0.423. The van der Waals surface area contributed by atoms with Crippen molar-refractivity contribution in [2.24, 2.45) is 0 Å². The van der Waals surface area contributed by atoms with Gasteiger partial charge in [0.15, 0.2) is 6.29 Å². The van der Waals surface area contributed by atoms with Crippen LogP contribution in [0.3, 0.4) is 0 Å². The molecule has 0 unspecified atom stereocenters. The van der Waals surface area contributed by atoms with Crippen LogP contribution in [-0.2, 0) is 0 Å². The van der Waals surface area contributed by atoms with Crippen LogP contribution >= 0.6 is 0 Å². The van der Waals surface area contributed by atoms with Gasteiger partial charge in [-0.15, -0.1) is 0 Å². The summed E-state index contributed by atoms with van der Waals surface area (Å²) in [6.07, 6.45) is 1.30. The maximum Gasteiger partial charge on any atom is 0.280 e. The molecule has 0 aliphatic heterocycles. The van der Waals surface area contributed by atoms with Gasteiger partial charge in [0.25, 0.3) is 5.69 Å². The van der Waals surface area contributed by atoms with Gasteiger partial charge in [-0.2, -0.15) is 0 Å². The van der Waals surface area contributed by atoms with Crippen molar-refractivity contribution in [3.63, 3.8) is 0 Å². The summed E-state index contributed by atoms with van der Waals surface area (Å²) in [5.74, 6) is 0.476. The molecule has 0 atom stereocenters. The Hall–Kier alpha value is -1.91. The van der Waals surface area contributed by atoms with Crippen LogP contribution in [0.2, 0.25) is 0 Å². The Bertz CT molecular complexity index is 376. The van der Waals surface area contributed by atoms with E-state index in [2.05, 4.69) is 0 Å². The maximum atomic E-state index is 10.6. The Morgan fingerprint density at radius 1 is 1.53 bits per heavy atom. The first kappa shape index (κ1) is 11.2. The lowest BCUT2D eigenvalue weighted by Crippen LogP contribution is -1.98. The van der Waals surface area contributed by atoms with Crippen LogP contribution in [0.1, 0.15) is 23.7 Å². The smallest absolute Gasteiger partial charge is 0.280 e. The molecule has 0 saturated heterocycles. The van der Waals surface area contributed by atoms with Gasteiger partial charge < -0.3 is 4.74 Å². The molecule has 0 saturated carbocycles. The number of hydrogen-bond donors (Lipinski definition) is 0. The second-order valence-corrected chi connectivity index (χ2v) is 2.94. The summed E-state index contributed by atoms with van der Waals surface area (Å²) in [6, 6.07) is 4.14. The lowest BCUT2D eigenvalue weighted by atomic mass is 10.2. The molecule has 0 spiro atoms. The van der Waals surface area contributed by atoms with Crippen molar-refractivity contribution in [1.29, 1.82) is 0 Å². The molecule has 0 aromatic heterocycles. The zero-order valence-corrected chi connectivity index (χ0v) is 8.30. The normalized spacial score (nSPS) is 9.67. The standard InChI is InChI=1S/C10H11NO4/c1-2-5-15-9-3-4-10(11(13)14)8(6-9)7-12/h3-4,6-7H,2,5H2,1H3. The second-order valence-electron chi connectivity index (χ2n) is 2.94. The molecule has 0 heterocycles. The molecule has 1 rings (SSSR count). The fraction of sp³-hybridized carbons (Fsp3) is 0.300. The van der Waals surface area contributed by atoms with E-state index in [-0.39, 0.29) is 11.3 Å². The van der Waals surface area contributed by atoms with Crippen LogP contribution in [0.15, 0.2) is 18.2 Å². The fourth-order valence-electron chi connectivity index (χ4n) is 1.10. The SMILES string of the molecule is CCCOc1ccc([N+](=O)[O-])c(C=O)c1. The van der Waals surface area contributed by atoms with Gasteiger partial charge >= 0.3 is 0 Å². The number of nitro benzene ring substituents is 1. The molecule has 1 aromatic carbocycles. The Morgan fingerprint density at radius 2 is 2.27 bits per heavy atom. The van der Waals surface area contributed by atoms with E-state index in [0.29, 0.717) is 18.6 Å². The Balaban J connectivity index is 2.97. The summed E-state index contributed by atoms with van der Waals surface area (Å²) < 4.78 is 5.25. The average molecular weight is 209 g/mol. The second kappa shape index (κ2) is 5.09. The van der Waals surface area contributed by atoms with Crippen LogP contribution in [0.5, 0.6) is 5.75 Å². The van der Waals surface area contributed by atoms with Crippen molar-refractivity contribution < 1.29 is 14.5 Å². The monoisotopic (exact) mass is 209 g/mol. The summed E-state index contributed by atoms with van der Waals surface area (Å²) in [5.41, 5.74) is -0.164. The van der Waals surface area contributed by atoms with Gasteiger partial charge in [-0.1, -0.05) is 6.92 Å². The lowest BCUT2D eigenvalue weighted by molar-refractivity contribution is -0.385. The number of hydrogen-bond acceptors (Lipinski definition) is 4. The fourth-order valence-corrected chi connectivity index (χ4v) is 1.10. The van der Waals surface area contributed by atoms with E-state index >= 15 is 0 Å². The zero-order chi connectivity index (χ0) is 11.3. The molecular formula is C10H11NO4. The first-order valence-corrected chi connectivity index (χ1v) is 4.55. The van der Waals surface area contributed by atoms with E-state index < -0.39 is 4.92 Å². The van der Waals surface area contributed by atoms with Crippen LogP contribution in [0.25, 0.3) is 0 Å². The van der Waals surface area contributed by atoms with Crippen LogP contribution in [0, 0.1) is 10.1 Å². The summed E-state index contributed by atoms with van der Waals surface area (Å²) in [4.78, 5) is 20.5. The molecule has 0 radical (unpaired) electrons. The molecule has 0 aliphatic rings. The number of benzene rings is 1. The van der Waals surface area contributed by atoms with Gasteiger partial charge in [0.1, 0.15) is 5.75 Å². The highest BCUT2D eigenvalue weighted by Gasteiger charge is 2.13. The van der Waals surface area contributed by atoms with Crippen molar-refractivity contribution in [3.05, 3.63) is 33.9 Å². The Kier molecular flexibility index (Phi) is 3.79. The van der Waals surface area contributed by atoms with Gasteiger partial charge in [0.05, 0.1) is 17.1 Å². The third-order valence-corrected chi connectivity index (χ3v) is 1.80. The molecule has 5 nitrogen and oxygen atoms in total. The lowest BCUT2D eigenvalue weighted by Gasteiger charge is -2.04. The van der Waals surface area contributed by atoms with Crippen LogP contribution in [-0.4, -0.2) is 17.8 Å². The van der Waals surface area contributed by atoms with Crippen molar-refractivity contribution in [1.82, 2.24) is 0 Å². The number of aldehydes is 1. The molecule has 0 amide bonds.